The van der Waals surface area contributed by atoms with Gasteiger partial charge in [0.15, 0.2) is 0 Å². The molecule has 0 saturated carbocycles. The van der Waals surface area contributed by atoms with E-state index in [2.05, 4.69) is 4.90 Å². The van der Waals surface area contributed by atoms with Crippen LogP contribution in [0.1, 0.15) is 54.0 Å². The molecule has 188 valence electrons. The fourth-order valence-electron chi connectivity index (χ4n) is 5.93. The van der Waals surface area contributed by atoms with Gasteiger partial charge in [0.25, 0.3) is 11.7 Å². The number of halogens is 1. The number of hydrogen-bond donors (Lipinski definition) is 1. The predicted octanol–water partition coefficient (Wildman–Crippen LogP) is 5.93. The summed E-state index contributed by atoms with van der Waals surface area (Å²) < 4.78 is 15.2. The lowest BCUT2D eigenvalue weighted by Crippen LogP contribution is -2.30. The minimum Gasteiger partial charge on any atom is -0.507 e. The van der Waals surface area contributed by atoms with E-state index in [1.165, 1.54) is 16.5 Å². The van der Waals surface area contributed by atoms with E-state index in [4.69, 9.17) is 0 Å². The highest BCUT2D eigenvalue weighted by atomic mass is 19.1. The average Bonchev–Trinajstić information content (AvgIpc) is 3.56. The van der Waals surface area contributed by atoms with E-state index in [1.807, 2.05) is 24.3 Å². The molecule has 0 spiro atoms. The molecule has 3 aliphatic rings. The lowest BCUT2D eigenvalue weighted by Gasteiger charge is -2.26. The van der Waals surface area contributed by atoms with Gasteiger partial charge in [0, 0.05) is 35.6 Å². The van der Waals surface area contributed by atoms with Crippen molar-refractivity contribution in [2.24, 2.45) is 0 Å². The van der Waals surface area contributed by atoms with E-state index < -0.39 is 23.5 Å². The van der Waals surface area contributed by atoms with Gasteiger partial charge in [-0.2, -0.15) is 0 Å². The van der Waals surface area contributed by atoms with Crippen molar-refractivity contribution in [3.05, 3.63) is 100 Å². The number of aliphatic hydroxyl groups excluding tert-OH is 1. The van der Waals surface area contributed by atoms with Gasteiger partial charge >= 0.3 is 0 Å². The number of fused-ring (bicyclic) bond motifs is 1. The van der Waals surface area contributed by atoms with E-state index in [0.717, 1.165) is 62.9 Å². The van der Waals surface area contributed by atoms with Crippen LogP contribution in [-0.4, -0.2) is 29.9 Å². The van der Waals surface area contributed by atoms with Crippen LogP contribution in [0.5, 0.6) is 0 Å². The molecule has 3 aromatic carbocycles. The van der Waals surface area contributed by atoms with Crippen molar-refractivity contribution in [3.8, 4) is 0 Å². The molecule has 2 saturated heterocycles. The number of amides is 1. The quantitative estimate of drug-likeness (QED) is 0.276. The topological polar surface area (TPSA) is 60.9 Å². The van der Waals surface area contributed by atoms with Crippen molar-refractivity contribution >= 4 is 28.8 Å². The summed E-state index contributed by atoms with van der Waals surface area (Å²) in [6.45, 7) is 1.97. The number of carbonyl (C=O) groups excluding carboxylic acids is 2. The normalized spacial score (nSPS) is 20.9. The summed E-state index contributed by atoms with van der Waals surface area (Å²) in [6.07, 6.45) is 6.39. The van der Waals surface area contributed by atoms with Crippen LogP contribution in [0.2, 0.25) is 0 Å². The summed E-state index contributed by atoms with van der Waals surface area (Å²) in [7, 11) is 0. The van der Waals surface area contributed by atoms with Gasteiger partial charge in [-0.15, -0.1) is 0 Å². The number of hydrogen-bond acceptors (Lipinski definition) is 4. The molecule has 1 aliphatic carbocycles. The molecule has 1 unspecified atom stereocenters. The Bertz CT molecular complexity index is 1410. The molecule has 1 N–H and O–H groups in total. The number of Topliss-reactive ketones (excluding diaryl/α,β-unsaturated/α-hetero) is 1. The van der Waals surface area contributed by atoms with Crippen LogP contribution in [-0.2, 0) is 22.4 Å². The monoisotopic (exact) mass is 496 g/mol. The van der Waals surface area contributed by atoms with Crippen LogP contribution in [0, 0.1) is 5.82 Å². The largest absolute Gasteiger partial charge is 0.507 e. The molecule has 3 aromatic rings. The molecule has 1 amide bonds. The van der Waals surface area contributed by atoms with Gasteiger partial charge in [0.2, 0.25) is 0 Å². The lowest BCUT2D eigenvalue weighted by atomic mass is 9.88. The Balaban J connectivity index is 1.47. The molecular formula is C31H29FN2O3. The van der Waals surface area contributed by atoms with Crippen molar-refractivity contribution in [1.82, 2.24) is 0 Å². The maximum absolute atomic E-state index is 15.2. The highest BCUT2D eigenvalue weighted by Gasteiger charge is 2.47. The number of aryl methyl sites for hydroxylation is 2. The standard InChI is InChI=1S/C31H29FN2O3/c32-26-10-4-3-9-25(26)28-27(29(35)22-12-11-20-7-1-2-8-21(20)19-22)30(36)31(37)34(28)24-15-13-23(14-16-24)33-17-5-6-18-33/h3-4,9-16,19,28,35H,1-2,5-8,17-18H2/b29-27+. The molecule has 0 radical (unpaired) electrons. The Kier molecular flexibility index (Phi) is 6.03. The Morgan fingerprint density at radius 3 is 2.22 bits per heavy atom. The van der Waals surface area contributed by atoms with Gasteiger partial charge in [-0.05, 0) is 86.1 Å². The summed E-state index contributed by atoms with van der Waals surface area (Å²) in [5.74, 6) is -2.39. The summed E-state index contributed by atoms with van der Waals surface area (Å²) in [4.78, 5) is 30.4. The molecule has 2 heterocycles. The zero-order chi connectivity index (χ0) is 25.5. The van der Waals surface area contributed by atoms with Crippen LogP contribution < -0.4 is 9.80 Å². The molecule has 0 aromatic heterocycles. The number of nitrogens with zero attached hydrogens (tertiary/aromatic N) is 2. The molecule has 37 heavy (non-hydrogen) atoms. The number of aliphatic hydroxyl groups is 1. The summed E-state index contributed by atoms with van der Waals surface area (Å²) >= 11 is 0. The first-order valence-electron chi connectivity index (χ1n) is 13.1. The van der Waals surface area contributed by atoms with Crippen molar-refractivity contribution in [3.63, 3.8) is 0 Å². The first-order chi connectivity index (χ1) is 18.0. The van der Waals surface area contributed by atoms with E-state index >= 15 is 4.39 Å². The van der Waals surface area contributed by atoms with E-state index in [0.29, 0.717) is 11.3 Å². The Morgan fingerprint density at radius 2 is 1.49 bits per heavy atom. The second-order valence-corrected chi connectivity index (χ2v) is 10.1. The minimum absolute atomic E-state index is 0.0884. The number of benzene rings is 3. The molecule has 6 heteroatoms. The van der Waals surface area contributed by atoms with Crippen LogP contribution in [0.15, 0.2) is 72.3 Å². The fraction of sp³-hybridized carbons (Fsp3) is 0.290. The molecule has 0 bridgehead atoms. The van der Waals surface area contributed by atoms with Gasteiger partial charge in [-0.3, -0.25) is 14.5 Å². The van der Waals surface area contributed by atoms with Crippen molar-refractivity contribution in [2.45, 2.75) is 44.6 Å². The van der Waals surface area contributed by atoms with Crippen molar-refractivity contribution in [1.29, 1.82) is 0 Å². The summed E-state index contributed by atoms with van der Waals surface area (Å²) in [5.41, 5.74) is 4.48. The second kappa shape index (κ2) is 9.51. The highest BCUT2D eigenvalue weighted by molar-refractivity contribution is 6.51. The van der Waals surface area contributed by atoms with E-state index in [9.17, 15) is 14.7 Å². The third-order valence-corrected chi connectivity index (χ3v) is 7.87. The average molecular weight is 497 g/mol. The third-order valence-electron chi connectivity index (χ3n) is 7.87. The molecule has 1 atom stereocenters. The number of ketones is 1. The van der Waals surface area contributed by atoms with Crippen LogP contribution in [0.4, 0.5) is 15.8 Å². The molecule has 5 nitrogen and oxygen atoms in total. The molecule has 2 aliphatic heterocycles. The van der Waals surface area contributed by atoms with Gasteiger partial charge in [0.1, 0.15) is 11.6 Å². The Hall–Kier alpha value is -3.93. The summed E-state index contributed by atoms with van der Waals surface area (Å²) in [6, 6.07) is 18.2. The number of carbonyl (C=O) groups is 2. The van der Waals surface area contributed by atoms with Gasteiger partial charge < -0.3 is 10.0 Å². The Labute approximate surface area is 215 Å². The molecule has 2 fully saturated rings. The second-order valence-electron chi connectivity index (χ2n) is 10.1. The lowest BCUT2D eigenvalue weighted by molar-refractivity contribution is -0.132. The van der Waals surface area contributed by atoms with Gasteiger partial charge in [0.05, 0.1) is 11.6 Å². The van der Waals surface area contributed by atoms with Crippen LogP contribution >= 0.6 is 0 Å². The summed E-state index contributed by atoms with van der Waals surface area (Å²) in [5, 5.41) is 11.4. The maximum atomic E-state index is 15.2. The predicted molar refractivity (Wildman–Crippen MR) is 142 cm³/mol. The van der Waals surface area contributed by atoms with Gasteiger partial charge in [-0.25, -0.2) is 4.39 Å². The fourth-order valence-corrected chi connectivity index (χ4v) is 5.93. The minimum atomic E-state index is -1.07. The van der Waals surface area contributed by atoms with Crippen molar-refractivity contribution in [2.75, 3.05) is 22.9 Å². The van der Waals surface area contributed by atoms with E-state index in [1.54, 1.807) is 36.4 Å². The van der Waals surface area contributed by atoms with Gasteiger partial charge in [-0.1, -0.05) is 30.3 Å². The third kappa shape index (κ3) is 4.10. The highest BCUT2D eigenvalue weighted by Crippen LogP contribution is 2.43. The van der Waals surface area contributed by atoms with Crippen LogP contribution in [0.25, 0.3) is 5.76 Å². The molecular weight excluding hydrogens is 467 g/mol. The first kappa shape index (κ1) is 23.5. The maximum Gasteiger partial charge on any atom is 0.300 e. The number of rotatable bonds is 4. The molecule has 6 rings (SSSR count). The van der Waals surface area contributed by atoms with Crippen LogP contribution in [0.3, 0.4) is 0 Å². The van der Waals surface area contributed by atoms with Crippen molar-refractivity contribution < 1.29 is 19.1 Å². The Morgan fingerprint density at radius 1 is 0.811 bits per heavy atom. The zero-order valence-corrected chi connectivity index (χ0v) is 20.6. The SMILES string of the molecule is O=C1C(=O)N(c2ccc(N3CCCC3)cc2)C(c2ccccc2F)/C1=C(\O)c1ccc2c(c1)CCCC2. The first-order valence-corrected chi connectivity index (χ1v) is 13.1. The smallest absolute Gasteiger partial charge is 0.300 e. The zero-order valence-electron chi connectivity index (χ0n) is 20.6. The van der Waals surface area contributed by atoms with E-state index in [-0.39, 0.29) is 16.9 Å². The number of anilines is 2.